The maximum atomic E-state index is 13.6. The second kappa shape index (κ2) is 9.42. The number of ether oxygens (including phenoxy) is 1. The van der Waals surface area contributed by atoms with Gasteiger partial charge in [-0.25, -0.2) is 9.36 Å². The van der Waals surface area contributed by atoms with Crippen molar-refractivity contribution in [2.24, 2.45) is 7.05 Å². The predicted molar refractivity (Wildman–Crippen MR) is 139 cm³/mol. The minimum atomic E-state index is -0.430. The van der Waals surface area contributed by atoms with E-state index in [1.165, 1.54) is 4.68 Å². The van der Waals surface area contributed by atoms with Crippen molar-refractivity contribution in [2.45, 2.75) is 6.92 Å². The molecule has 0 aliphatic heterocycles. The first kappa shape index (κ1) is 22.9. The molecule has 0 saturated carbocycles. The highest BCUT2D eigenvalue weighted by Gasteiger charge is 2.23. The summed E-state index contributed by atoms with van der Waals surface area (Å²) in [5, 5.41) is 7.57. The van der Waals surface area contributed by atoms with Gasteiger partial charge in [-0.1, -0.05) is 48.5 Å². The third kappa shape index (κ3) is 4.09. The van der Waals surface area contributed by atoms with Crippen molar-refractivity contribution in [3.05, 3.63) is 113 Å². The van der Waals surface area contributed by atoms with Gasteiger partial charge in [-0.05, 0) is 43.3 Å². The Balaban J connectivity index is 1.59. The molecule has 5 rings (SSSR count). The molecule has 0 unspecified atom stereocenters. The molecule has 36 heavy (non-hydrogen) atoms. The average Bonchev–Trinajstić information content (AvgIpc) is 3.46. The zero-order valence-corrected chi connectivity index (χ0v) is 20.2. The molecule has 5 aromatic rings. The molecule has 180 valence electrons. The Morgan fingerprint density at radius 2 is 1.58 bits per heavy atom. The van der Waals surface area contributed by atoms with Crippen molar-refractivity contribution in [1.29, 1.82) is 0 Å². The molecule has 3 aromatic carbocycles. The van der Waals surface area contributed by atoms with Crippen molar-refractivity contribution in [3.63, 3.8) is 0 Å². The van der Waals surface area contributed by atoms with Crippen LogP contribution in [-0.2, 0) is 7.05 Å². The van der Waals surface area contributed by atoms with Crippen molar-refractivity contribution in [2.75, 3.05) is 12.4 Å². The van der Waals surface area contributed by atoms with Crippen LogP contribution in [0.25, 0.3) is 22.6 Å². The third-order valence-electron chi connectivity index (χ3n) is 6.12. The summed E-state index contributed by atoms with van der Waals surface area (Å²) in [6.07, 6.45) is 1.67. The second-order valence-corrected chi connectivity index (χ2v) is 8.29. The quantitative estimate of drug-likeness (QED) is 0.386. The Bertz CT molecular complexity index is 1600. The number of nitrogens with one attached hydrogen (secondary N) is 1. The largest absolute Gasteiger partial charge is 0.497 e. The Labute approximate surface area is 208 Å². The number of hydrogen-bond donors (Lipinski definition) is 1. The number of amides is 1. The minimum absolute atomic E-state index is 0.218. The summed E-state index contributed by atoms with van der Waals surface area (Å²) in [6, 6.07) is 26.2. The van der Waals surface area contributed by atoms with E-state index in [1.54, 1.807) is 36.6 Å². The number of carbonyl (C=O) groups excluding carboxylic acids is 1. The normalized spacial score (nSPS) is 10.9. The van der Waals surface area contributed by atoms with Gasteiger partial charge in [0, 0.05) is 18.8 Å². The van der Waals surface area contributed by atoms with E-state index in [4.69, 9.17) is 9.84 Å². The first-order chi connectivity index (χ1) is 17.5. The van der Waals surface area contributed by atoms with Crippen LogP contribution in [0.5, 0.6) is 5.75 Å². The fourth-order valence-electron chi connectivity index (χ4n) is 4.13. The van der Waals surface area contributed by atoms with Crippen molar-refractivity contribution in [3.8, 4) is 28.4 Å². The molecule has 2 heterocycles. The van der Waals surface area contributed by atoms with Gasteiger partial charge in [0.1, 0.15) is 17.1 Å². The Hall–Kier alpha value is -4.85. The van der Waals surface area contributed by atoms with Crippen molar-refractivity contribution in [1.82, 2.24) is 19.1 Å². The molecular formula is C28H25N5O3. The van der Waals surface area contributed by atoms with Crippen LogP contribution < -0.4 is 15.6 Å². The SMILES string of the molecule is COc1cccc(-c2nn(-c3ccccc3)cc2C(=O)Nc2c(C)n(C)n(-c3ccccc3)c2=O)c1. The lowest BCUT2D eigenvalue weighted by atomic mass is 10.1. The Kier molecular flexibility index (Phi) is 6.00. The molecule has 0 aliphatic rings. The molecule has 0 aliphatic carbocycles. The summed E-state index contributed by atoms with van der Waals surface area (Å²) in [5.74, 6) is 0.221. The lowest BCUT2D eigenvalue weighted by Gasteiger charge is -2.07. The van der Waals surface area contributed by atoms with Gasteiger partial charge in [-0.3, -0.25) is 14.3 Å². The fraction of sp³-hybridized carbons (Fsp3) is 0.107. The lowest BCUT2D eigenvalue weighted by Crippen LogP contribution is -2.23. The number of methoxy groups -OCH3 is 1. The van der Waals surface area contributed by atoms with E-state index in [-0.39, 0.29) is 11.2 Å². The smallest absolute Gasteiger partial charge is 0.295 e. The number of para-hydroxylation sites is 2. The maximum Gasteiger partial charge on any atom is 0.295 e. The number of hydrogen-bond acceptors (Lipinski definition) is 4. The molecule has 0 radical (unpaired) electrons. The summed E-state index contributed by atoms with van der Waals surface area (Å²) in [7, 11) is 3.37. The molecule has 0 atom stereocenters. The summed E-state index contributed by atoms with van der Waals surface area (Å²) in [4.78, 5) is 26.9. The van der Waals surface area contributed by atoms with E-state index in [1.807, 2.05) is 84.9 Å². The highest BCUT2D eigenvalue weighted by Crippen LogP contribution is 2.28. The summed E-state index contributed by atoms with van der Waals surface area (Å²) >= 11 is 0. The van der Waals surface area contributed by atoms with Crippen LogP contribution in [0.3, 0.4) is 0 Å². The van der Waals surface area contributed by atoms with E-state index in [2.05, 4.69) is 5.32 Å². The second-order valence-electron chi connectivity index (χ2n) is 8.29. The standard InChI is InChI=1S/C28H25N5O3/c1-19-25(28(35)33(31(19)2)22-14-8-5-9-15-22)29-27(34)24-18-32(21-12-6-4-7-13-21)30-26(24)20-11-10-16-23(17-20)36-3/h4-18H,1-3H3,(H,29,34). The van der Waals surface area contributed by atoms with E-state index >= 15 is 0 Å². The van der Waals surface area contributed by atoms with Crippen LogP contribution in [0.2, 0.25) is 0 Å². The van der Waals surface area contributed by atoms with Gasteiger partial charge in [-0.15, -0.1) is 0 Å². The highest BCUT2D eigenvalue weighted by molar-refractivity contribution is 6.08. The number of benzene rings is 3. The topological polar surface area (TPSA) is 83.1 Å². The number of anilines is 1. The van der Waals surface area contributed by atoms with Crippen molar-refractivity contribution >= 4 is 11.6 Å². The van der Waals surface area contributed by atoms with Gasteiger partial charge in [0.2, 0.25) is 0 Å². The summed E-state index contributed by atoms with van der Waals surface area (Å²) in [5.41, 5.74) is 3.60. The van der Waals surface area contributed by atoms with Crippen LogP contribution in [0, 0.1) is 6.92 Å². The zero-order valence-electron chi connectivity index (χ0n) is 20.2. The molecule has 8 nitrogen and oxygen atoms in total. The van der Waals surface area contributed by atoms with E-state index < -0.39 is 5.91 Å². The molecule has 2 aromatic heterocycles. The van der Waals surface area contributed by atoms with Gasteiger partial charge in [-0.2, -0.15) is 5.10 Å². The zero-order chi connectivity index (χ0) is 25.2. The first-order valence-corrected chi connectivity index (χ1v) is 11.4. The van der Waals surface area contributed by atoms with Gasteiger partial charge < -0.3 is 10.1 Å². The molecule has 8 heteroatoms. The monoisotopic (exact) mass is 479 g/mol. The molecule has 0 bridgehead atoms. The molecule has 1 N–H and O–H groups in total. The van der Waals surface area contributed by atoms with Crippen LogP contribution in [0.1, 0.15) is 16.1 Å². The number of carbonyl (C=O) groups is 1. The van der Waals surface area contributed by atoms with Crippen LogP contribution in [-0.4, -0.2) is 32.2 Å². The Morgan fingerprint density at radius 3 is 2.25 bits per heavy atom. The minimum Gasteiger partial charge on any atom is -0.497 e. The maximum absolute atomic E-state index is 13.6. The molecule has 0 saturated heterocycles. The van der Waals surface area contributed by atoms with Gasteiger partial charge in [0.25, 0.3) is 11.5 Å². The van der Waals surface area contributed by atoms with Gasteiger partial charge >= 0.3 is 0 Å². The van der Waals surface area contributed by atoms with Gasteiger partial charge in [0.05, 0.1) is 29.7 Å². The number of nitrogens with zero attached hydrogens (tertiary/aromatic N) is 4. The van der Waals surface area contributed by atoms with Crippen LogP contribution in [0.15, 0.2) is 95.9 Å². The highest BCUT2D eigenvalue weighted by atomic mass is 16.5. The Morgan fingerprint density at radius 1 is 0.917 bits per heavy atom. The molecular weight excluding hydrogens is 454 g/mol. The van der Waals surface area contributed by atoms with Gasteiger partial charge in [0.15, 0.2) is 0 Å². The predicted octanol–water partition coefficient (Wildman–Crippen LogP) is 4.60. The number of rotatable bonds is 6. The van der Waals surface area contributed by atoms with Crippen LogP contribution >= 0.6 is 0 Å². The van der Waals surface area contributed by atoms with E-state index in [9.17, 15) is 9.59 Å². The molecule has 1 amide bonds. The summed E-state index contributed by atoms with van der Waals surface area (Å²) in [6.45, 7) is 1.80. The molecule has 0 fully saturated rings. The van der Waals surface area contributed by atoms with E-state index in [0.29, 0.717) is 28.4 Å². The summed E-state index contributed by atoms with van der Waals surface area (Å²) < 4.78 is 10.3. The number of aromatic nitrogens is 4. The fourth-order valence-corrected chi connectivity index (χ4v) is 4.13. The van der Waals surface area contributed by atoms with Crippen LogP contribution in [0.4, 0.5) is 5.69 Å². The third-order valence-corrected chi connectivity index (χ3v) is 6.12. The van der Waals surface area contributed by atoms with Crippen molar-refractivity contribution < 1.29 is 9.53 Å². The molecule has 0 spiro atoms. The van der Waals surface area contributed by atoms with E-state index in [0.717, 1.165) is 11.3 Å². The average molecular weight is 480 g/mol. The first-order valence-electron chi connectivity index (χ1n) is 11.4. The lowest BCUT2D eigenvalue weighted by molar-refractivity contribution is 0.102.